The minimum Gasteiger partial charge on any atom is -0.495 e. The highest BCUT2D eigenvalue weighted by molar-refractivity contribution is 7.90. The Morgan fingerprint density at radius 2 is 2.00 bits per heavy atom. The fourth-order valence-electron chi connectivity index (χ4n) is 1.01. The van der Waals surface area contributed by atoms with Crippen molar-refractivity contribution >= 4 is 15.5 Å². The quantitative estimate of drug-likeness (QED) is 0.747. The molecule has 0 aliphatic rings. The Kier molecular flexibility index (Phi) is 2.66. The van der Waals surface area contributed by atoms with Gasteiger partial charge in [0, 0.05) is 18.4 Å². The monoisotopic (exact) mass is 219 g/mol. The van der Waals surface area contributed by atoms with E-state index in [9.17, 15) is 12.8 Å². The van der Waals surface area contributed by atoms with Crippen molar-refractivity contribution < 1.29 is 17.5 Å². The molecule has 0 atom stereocenters. The van der Waals surface area contributed by atoms with E-state index in [1.165, 1.54) is 7.11 Å². The molecule has 0 aromatic heterocycles. The van der Waals surface area contributed by atoms with Crippen LogP contribution in [0.1, 0.15) is 0 Å². The first-order chi connectivity index (χ1) is 6.36. The van der Waals surface area contributed by atoms with Crippen LogP contribution in [0, 0.1) is 5.82 Å². The maximum Gasteiger partial charge on any atom is 0.178 e. The van der Waals surface area contributed by atoms with Crippen molar-refractivity contribution in [2.24, 2.45) is 0 Å². The number of nitrogen functional groups attached to an aromatic ring is 1. The molecule has 0 unspecified atom stereocenters. The highest BCUT2D eigenvalue weighted by Crippen LogP contribution is 2.27. The van der Waals surface area contributed by atoms with Crippen molar-refractivity contribution in [3.63, 3.8) is 0 Å². The Bertz CT molecular complexity index is 456. The summed E-state index contributed by atoms with van der Waals surface area (Å²) in [4.78, 5) is -0.413. The highest BCUT2D eigenvalue weighted by Gasteiger charge is 2.16. The first-order valence-corrected chi connectivity index (χ1v) is 5.58. The number of anilines is 1. The van der Waals surface area contributed by atoms with Gasteiger partial charge in [0.25, 0.3) is 0 Å². The SMILES string of the molecule is COc1cc(S(C)(=O)=O)c(F)cc1N. The summed E-state index contributed by atoms with van der Waals surface area (Å²) in [5.41, 5.74) is 5.45. The largest absolute Gasteiger partial charge is 0.495 e. The molecule has 14 heavy (non-hydrogen) atoms. The Morgan fingerprint density at radius 1 is 1.43 bits per heavy atom. The maximum absolute atomic E-state index is 13.1. The Morgan fingerprint density at radius 3 is 2.43 bits per heavy atom. The summed E-state index contributed by atoms with van der Waals surface area (Å²) in [5, 5.41) is 0. The van der Waals surface area contributed by atoms with Crippen molar-refractivity contribution in [2.75, 3.05) is 19.1 Å². The van der Waals surface area contributed by atoms with E-state index in [0.29, 0.717) is 0 Å². The third-order valence-corrected chi connectivity index (χ3v) is 2.80. The number of ether oxygens (including phenoxy) is 1. The van der Waals surface area contributed by atoms with E-state index in [-0.39, 0.29) is 11.4 Å². The summed E-state index contributed by atoms with van der Waals surface area (Å²) in [7, 11) is -2.26. The molecular formula is C8H10FNO3S. The lowest BCUT2D eigenvalue weighted by molar-refractivity contribution is 0.413. The molecule has 1 aromatic rings. The Labute approximate surface area is 81.4 Å². The second-order valence-electron chi connectivity index (χ2n) is 2.80. The van der Waals surface area contributed by atoms with E-state index in [2.05, 4.69) is 0 Å². The summed E-state index contributed by atoms with van der Waals surface area (Å²) in [6, 6.07) is 2.00. The number of methoxy groups -OCH3 is 1. The molecule has 0 spiro atoms. The molecule has 0 aliphatic heterocycles. The average Bonchev–Trinajstić information content (AvgIpc) is 2.02. The van der Waals surface area contributed by atoms with Gasteiger partial charge in [-0.2, -0.15) is 0 Å². The molecular weight excluding hydrogens is 209 g/mol. The molecule has 78 valence electrons. The van der Waals surface area contributed by atoms with E-state index in [1.807, 2.05) is 0 Å². The molecule has 1 aromatic carbocycles. The van der Waals surface area contributed by atoms with Crippen LogP contribution >= 0.6 is 0 Å². The van der Waals surface area contributed by atoms with Gasteiger partial charge in [-0.3, -0.25) is 0 Å². The van der Waals surface area contributed by atoms with Crippen molar-refractivity contribution in [3.05, 3.63) is 17.9 Å². The molecule has 4 nitrogen and oxygen atoms in total. The van der Waals surface area contributed by atoms with Gasteiger partial charge < -0.3 is 10.5 Å². The zero-order valence-electron chi connectivity index (χ0n) is 7.74. The zero-order chi connectivity index (χ0) is 10.9. The molecule has 2 N–H and O–H groups in total. The van der Waals surface area contributed by atoms with Crippen LogP contribution in [-0.4, -0.2) is 21.8 Å². The van der Waals surface area contributed by atoms with E-state index in [1.54, 1.807) is 0 Å². The van der Waals surface area contributed by atoms with Gasteiger partial charge in [0.1, 0.15) is 16.5 Å². The first-order valence-electron chi connectivity index (χ1n) is 3.69. The molecule has 1 rings (SSSR count). The third kappa shape index (κ3) is 1.95. The Hall–Kier alpha value is -1.30. The molecule has 0 heterocycles. The summed E-state index contributed by atoms with van der Waals surface area (Å²) in [6.07, 6.45) is 0.918. The maximum atomic E-state index is 13.1. The lowest BCUT2D eigenvalue weighted by Crippen LogP contribution is -2.03. The number of hydrogen-bond donors (Lipinski definition) is 1. The number of nitrogens with two attached hydrogens (primary N) is 1. The topological polar surface area (TPSA) is 69.4 Å². The van der Waals surface area contributed by atoms with Gasteiger partial charge in [0.2, 0.25) is 0 Å². The molecule has 0 bridgehead atoms. The van der Waals surface area contributed by atoms with Gasteiger partial charge in [-0.05, 0) is 0 Å². The highest BCUT2D eigenvalue weighted by atomic mass is 32.2. The van der Waals surface area contributed by atoms with E-state index in [4.69, 9.17) is 10.5 Å². The summed E-state index contributed by atoms with van der Waals surface area (Å²) in [6.45, 7) is 0. The minimum atomic E-state index is -3.59. The standard InChI is InChI=1S/C8H10FNO3S/c1-13-7-4-8(14(2,11)12)5(9)3-6(7)10/h3-4H,10H2,1-2H3. The van der Waals surface area contributed by atoms with Crippen molar-refractivity contribution in [2.45, 2.75) is 4.90 Å². The van der Waals surface area contributed by atoms with Crippen LogP contribution in [0.2, 0.25) is 0 Å². The summed E-state index contributed by atoms with van der Waals surface area (Å²) >= 11 is 0. The lowest BCUT2D eigenvalue weighted by atomic mass is 10.3. The fourth-order valence-corrected chi connectivity index (χ4v) is 1.75. The molecule has 0 radical (unpaired) electrons. The van der Waals surface area contributed by atoms with E-state index >= 15 is 0 Å². The molecule has 0 amide bonds. The average molecular weight is 219 g/mol. The van der Waals surface area contributed by atoms with Gasteiger partial charge in [0.15, 0.2) is 9.84 Å². The van der Waals surface area contributed by atoms with Gasteiger partial charge in [-0.1, -0.05) is 0 Å². The van der Waals surface area contributed by atoms with Crippen LogP contribution in [0.3, 0.4) is 0 Å². The van der Waals surface area contributed by atoms with Gasteiger partial charge in [0.05, 0.1) is 12.8 Å². The van der Waals surface area contributed by atoms with Gasteiger partial charge in [-0.25, -0.2) is 12.8 Å². The van der Waals surface area contributed by atoms with Gasteiger partial charge in [-0.15, -0.1) is 0 Å². The predicted molar refractivity (Wildman–Crippen MR) is 50.5 cm³/mol. The van der Waals surface area contributed by atoms with E-state index < -0.39 is 20.5 Å². The number of halogens is 1. The van der Waals surface area contributed by atoms with Gasteiger partial charge >= 0.3 is 0 Å². The van der Waals surface area contributed by atoms with Crippen LogP contribution < -0.4 is 10.5 Å². The van der Waals surface area contributed by atoms with Crippen molar-refractivity contribution in [3.8, 4) is 5.75 Å². The lowest BCUT2D eigenvalue weighted by Gasteiger charge is -2.07. The smallest absolute Gasteiger partial charge is 0.178 e. The van der Waals surface area contributed by atoms with Crippen molar-refractivity contribution in [1.29, 1.82) is 0 Å². The van der Waals surface area contributed by atoms with Crippen LogP contribution in [0.4, 0.5) is 10.1 Å². The Balaban J connectivity index is 3.47. The summed E-state index contributed by atoms with van der Waals surface area (Å²) in [5.74, 6) is -0.724. The van der Waals surface area contributed by atoms with Crippen LogP contribution in [-0.2, 0) is 9.84 Å². The fraction of sp³-hybridized carbons (Fsp3) is 0.250. The zero-order valence-corrected chi connectivity index (χ0v) is 8.56. The predicted octanol–water partition coefficient (Wildman–Crippen LogP) is 0.820. The molecule has 0 saturated heterocycles. The second kappa shape index (κ2) is 3.45. The number of rotatable bonds is 2. The van der Waals surface area contributed by atoms with Crippen LogP contribution in [0.15, 0.2) is 17.0 Å². The normalized spacial score (nSPS) is 11.4. The molecule has 0 aliphatic carbocycles. The van der Waals surface area contributed by atoms with Crippen LogP contribution in [0.25, 0.3) is 0 Å². The van der Waals surface area contributed by atoms with Crippen molar-refractivity contribution in [1.82, 2.24) is 0 Å². The molecule has 6 heteroatoms. The molecule has 0 saturated carbocycles. The molecule has 0 fully saturated rings. The first kappa shape index (κ1) is 10.8. The van der Waals surface area contributed by atoms with Crippen LogP contribution in [0.5, 0.6) is 5.75 Å². The van der Waals surface area contributed by atoms with E-state index in [0.717, 1.165) is 18.4 Å². The number of hydrogen-bond acceptors (Lipinski definition) is 4. The summed E-state index contributed by atoms with van der Waals surface area (Å²) < 4.78 is 40.1. The third-order valence-electron chi connectivity index (χ3n) is 1.68. The minimum absolute atomic E-state index is 0.0670. The number of benzene rings is 1. The number of sulfone groups is 1. The second-order valence-corrected chi connectivity index (χ2v) is 4.78.